The standard InChI is InChI=1S/C20H31N/c1-20(2,3)18-11-9-15(10-12-18)16-6-4-7-17(14-16)19-8-5-13-21-19/h4,6-7,14-15,18-19,21H,5,8-13H2,1-3H3. The van der Waals surface area contributed by atoms with Gasteiger partial charge in [-0.05, 0) is 73.4 Å². The van der Waals surface area contributed by atoms with E-state index < -0.39 is 0 Å². The smallest absolute Gasteiger partial charge is 0.0320 e. The third kappa shape index (κ3) is 3.51. The lowest BCUT2D eigenvalue weighted by Gasteiger charge is -2.37. The van der Waals surface area contributed by atoms with Crippen LogP contribution in [-0.2, 0) is 0 Å². The van der Waals surface area contributed by atoms with Crippen molar-refractivity contribution in [3.63, 3.8) is 0 Å². The molecule has 1 heteroatoms. The van der Waals surface area contributed by atoms with Crippen LogP contribution in [0, 0.1) is 11.3 Å². The number of nitrogens with one attached hydrogen (secondary N) is 1. The molecule has 0 amide bonds. The van der Waals surface area contributed by atoms with Gasteiger partial charge in [-0.15, -0.1) is 0 Å². The van der Waals surface area contributed by atoms with Crippen LogP contribution in [0.5, 0.6) is 0 Å². The first-order chi connectivity index (χ1) is 10.0. The van der Waals surface area contributed by atoms with Crippen molar-refractivity contribution < 1.29 is 0 Å². The first-order valence-electron chi connectivity index (χ1n) is 8.87. The molecule has 21 heavy (non-hydrogen) atoms. The van der Waals surface area contributed by atoms with E-state index >= 15 is 0 Å². The zero-order valence-corrected chi connectivity index (χ0v) is 14.0. The quantitative estimate of drug-likeness (QED) is 0.764. The SMILES string of the molecule is CC(C)(C)C1CCC(c2cccc(C3CCCN3)c2)CC1. The maximum absolute atomic E-state index is 3.63. The molecule has 0 aromatic heterocycles. The highest BCUT2D eigenvalue weighted by Gasteiger charge is 2.30. The molecule has 1 aromatic rings. The minimum absolute atomic E-state index is 0.487. The van der Waals surface area contributed by atoms with E-state index in [1.165, 1.54) is 50.6 Å². The maximum atomic E-state index is 3.63. The lowest BCUT2D eigenvalue weighted by molar-refractivity contribution is 0.169. The molecular weight excluding hydrogens is 254 g/mol. The Morgan fingerprint density at radius 2 is 1.67 bits per heavy atom. The summed E-state index contributed by atoms with van der Waals surface area (Å²) >= 11 is 0. The predicted octanol–water partition coefficient (Wildman–Crippen LogP) is 5.43. The van der Waals surface area contributed by atoms with E-state index in [4.69, 9.17) is 0 Å². The van der Waals surface area contributed by atoms with Crippen LogP contribution in [0.25, 0.3) is 0 Å². The van der Waals surface area contributed by atoms with Gasteiger partial charge in [-0.3, -0.25) is 0 Å². The molecule has 1 saturated heterocycles. The molecule has 116 valence electrons. The van der Waals surface area contributed by atoms with Crippen LogP contribution in [-0.4, -0.2) is 6.54 Å². The average molecular weight is 285 g/mol. The first-order valence-corrected chi connectivity index (χ1v) is 8.87. The summed E-state index contributed by atoms with van der Waals surface area (Å²) < 4.78 is 0. The molecule has 1 atom stereocenters. The van der Waals surface area contributed by atoms with Crippen LogP contribution >= 0.6 is 0 Å². The van der Waals surface area contributed by atoms with Crippen LogP contribution < -0.4 is 5.32 Å². The third-order valence-corrected chi connectivity index (χ3v) is 5.80. The van der Waals surface area contributed by atoms with Crippen molar-refractivity contribution in [2.24, 2.45) is 11.3 Å². The lowest BCUT2D eigenvalue weighted by Crippen LogP contribution is -2.25. The molecule has 1 aliphatic carbocycles. The Hall–Kier alpha value is -0.820. The molecule has 1 aliphatic heterocycles. The second-order valence-electron chi connectivity index (χ2n) is 8.23. The van der Waals surface area contributed by atoms with Crippen molar-refractivity contribution in [2.75, 3.05) is 6.54 Å². The molecule has 1 heterocycles. The van der Waals surface area contributed by atoms with Gasteiger partial charge in [0.15, 0.2) is 0 Å². The van der Waals surface area contributed by atoms with Crippen molar-refractivity contribution >= 4 is 0 Å². The molecule has 3 rings (SSSR count). The lowest BCUT2D eigenvalue weighted by atomic mass is 9.68. The summed E-state index contributed by atoms with van der Waals surface area (Å²) in [5, 5.41) is 3.63. The van der Waals surface area contributed by atoms with Crippen LogP contribution in [0.2, 0.25) is 0 Å². The highest BCUT2D eigenvalue weighted by molar-refractivity contribution is 5.29. The van der Waals surface area contributed by atoms with Gasteiger partial charge in [0.05, 0.1) is 0 Å². The van der Waals surface area contributed by atoms with E-state index in [0.717, 1.165) is 11.8 Å². The summed E-state index contributed by atoms with van der Waals surface area (Å²) in [4.78, 5) is 0. The molecule has 1 saturated carbocycles. The van der Waals surface area contributed by atoms with Gasteiger partial charge in [-0.1, -0.05) is 45.0 Å². The first kappa shape index (κ1) is 15.1. The highest BCUT2D eigenvalue weighted by atomic mass is 14.9. The molecular formula is C20H31N. The number of hydrogen-bond acceptors (Lipinski definition) is 1. The second kappa shape index (κ2) is 6.12. The molecule has 0 radical (unpaired) electrons. The van der Waals surface area contributed by atoms with E-state index in [2.05, 4.69) is 50.4 Å². The fourth-order valence-electron chi connectivity index (χ4n) is 4.29. The third-order valence-electron chi connectivity index (χ3n) is 5.80. The molecule has 2 aliphatic rings. The normalized spacial score (nSPS) is 30.5. The Morgan fingerprint density at radius 1 is 0.952 bits per heavy atom. The Morgan fingerprint density at radius 3 is 2.29 bits per heavy atom. The largest absolute Gasteiger partial charge is 0.310 e. The molecule has 0 spiro atoms. The zero-order chi connectivity index (χ0) is 14.9. The van der Waals surface area contributed by atoms with E-state index in [-0.39, 0.29) is 0 Å². The highest BCUT2D eigenvalue weighted by Crippen LogP contribution is 2.43. The maximum Gasteiger partial charge on any atom is 0.0320 e. The molecule has 1 aromatic carbocycles. The van der Waals surface area contributed by atoms with E-state index in [1.807, 2.05) is 0 Å². The average Bonchev–Trinajstić information content (AvgIpc) is 3.01. The second-order valence-corrected chi connectivity index (χ2v) is 8.23. The Labute approximate surface area is 130 Å². The van der Waals surface area contributed by atoms with Crippen molar-refractivity contribution in [3.8, 4) is 0 Å². The van der Waals surface area contributed by atoms with Gasteiger partial charge in [-0.25, -0.2) is 0 Å². The molecule has 1 N–H and O–H groups in total. The number of rotatable bonds is 2. The fourth-order valence-corrected chi connectivity index (χ4v) is 4.29. The van der Waals surface area contributed by atoms with E-state index in [9.17, 15) is 0 Å². The van der Waals surface area contributed by atoms with Gasteiger partial charge in [0, 0.05) is 6.04 Å². The molecule has 2 fully saturated rings. The minimum atomic E-state index is 0.487. The van der Waals surface area contributed by atoms with Gasteiger partial charge in [0.25, 0.3) is 0 Å². The van der Waals surface area contributed by atoms with Crippen molar-refractivity contribution in [3.05, 3.63) is 35.4 Å². The summed E-state index contributed by atoms with van der Waals surface area (Å²) in [6.45, 7) is 8.41. The van der Waals surface area contributed by atoms with Crippen LogP contribution in [0.15, 0.2) is 24.3 Å². The van der Waals surface area contributed by atoms with Crippen LogP contribution in [0.1, 0.15) is 82.4 Å². The van der Waals surface area contributed by atoms with Crippen molar-refractivity contribution in [2.45, 2.75) is 71.3 Å². The zero-order valence-electron chi connectivity index (χ0n) is 14.0. The van der Waals surface area contributed by atoms with Gasteiger partial charge < -0.3 is 5.32 Å². The Balaban J connectivity index is 1.66. The summed E-state index contributed by atoms with van der Waals surface area (Å²) in [7, 11) is 0. The van der Waals surface area contributed by atoms with E-state index in [1.54, 1.807) is 5.56 Å². The van der Waals surface area contributed by atoms with Gasteiger partial charge in [0.2, 0.25) is 0 Å². The van der Waals surface area contributed by atoms with E-state index in [0.29, 0.717) is 11.5 Å². The van der Waals surface area contributed by atoms with Crippen molar-refractivity contribution in [1.29, 1.82) is 0 Å². The molecule has 1 unspecified atom stereocenters. The van der Waals surface area contributed by atoms with Crippen LogP contribution in [0.4, 0.5) is 0 Å². The predicted molar refractivity (Wildman–Crippen MR) is 90.6 cm³/mol. The topological polar surface area (TPSA) is 12.0 Å². The number of benzene rings is 1. The molecule has 0 bridgehead atoms. The summed E-state index contributed by atoms with van der Waals surface area (Å²) in [5.41, 5.74) is 3.59. The fraction of sp³-hybridized carbons (Fsp3) is 0.700. The Bertz CT molecular complexity index is 457. The summed E-state index contributed by atoms with van der Waals surface area (Å²) in [6.07, 6.45) is 8.19. The Kier molecular flexibility index (Phi) is 4.40. The number of hydrogen-bond donors (Lipinski definition) is 1. The molecule has 1 nitrogen and oxygen atoms in total. The summed E-state index contributed by atoms with van der Waals surface area (Å²) in [5.74, 6) is 1.71. The monoisotopic (exact) mass is 285 g/mol. The van der Waals surface area contributed by atoms with Crippen LogP contribution in [0.3, 0.4) is 0 Å². The van der Waals surface area contributed by atoms with Gasteiger partial charge in [-0.2, -0.15) is 0 Å². The van der Waals surface area contributed by atoms with Crippen molar-refractivity contribution in [1.82, 2.24) is 5.32 Å². The minimum Gasteiger partial charge on any atom is -0.310 e. The summed E-state index contributed by atoms with van der Waals surface area (Å²) in [6, 6.07) is 10.1. The van der Waals surface area contributed by atoms with Gasteiger partial charge >= 0.3 is 0 Å². The van der Waals surface area contributed by atoms with Gasteiger partial charge in [0.1, 0.15) is 0 Å².